The molecule has 2 atom stereocenters. The zero-order valence-corrected chi connectivity index (χ0v) is 20.4. The first-order valence-electron chi connectivity index (χ1n) is 12.2. The third-order valence-electron chi connectivity index (χ3n) is 6.45. The fourth-order valence-electron chi connectivity index (χ4n) is 4.65. The fraction of sp³-hybridized carbons (Fsp3) is 0.760. The highest BCUT2D eigenvalue weighted by molar-refractivity contribution is 7.53. The molecule has 5 heteroatoms. The molecule has 4 nitrogen and oxygen atoms in total. The van der Waals surface area contributed by atoms with Gasteiger partial charge in [-0.3, -0.25) is 4.57 Å². The van der Waals surface area contributed by atoms with Crippen molar-refractivity contribution >= 4 is 7.60 Å². The molecule has 1 saturated carbocycles. The molecule has 0 radical (unpaired) electrons. The number of aryl methyl sites for hydroxylation is 1. The molecule has 0 heterocycles. The Morgan fingerprint density at radius 3 is 2.27 bits per heavy atom. The monoisotopic (exact) mass is 437 g/mol. The van der Waals surface area contributed by atoms with E-state index in [1.165, 1.54) is 56.1 Å². The maximum Gasteiger partial charge on any atom is 0.330 e. The van der Waals surface area contributed by atoms with Gasteiger partial charge in [0, 0.05) is 5.54 Å². The van der Waals surface area contributed by atoms with E-state index >= 15 is 0 Å². The molecule has 0 aliphatic heterocycles. The van der Waals surface area contributed by atoms with Crippen molar-refractivity contribution in [2.24, 2.45) is 5.73 Å². The van der Waals surface area contributed by atoms with Gasteiger partial charge in [0.05, 0.1) is 19.4 Å². The second kappa shape index (κ2) is 13.0. The molecule has 1 aromatic carbocycles. The van der Waals surface area contributed by atoms with E-state index in [1.807, 2.05) is 13.8 Å². The highest BCUT2D eigenvalue weighted by Gasteiger charge is 2.38. The quantitative estimate of drug-likeness (QED) is 0.233. The fourth-order valence-corrected chi connectivity index (χ4v) is 6.49. The van der Waals surface area contributed by atoms with E-state index in [1.54, 1.807) is 0 Å². The van der Waals surface area contributed by atoms with Crippen LogP contribution in [-0.2, 0) is 20.0 Å². The van der Waals surface area contributed by atoms with Gasteiger partial charge in [0.1, 0.15) is 0 Å². The lowest BCUT2D eigenvalue weighted by atomic mass is 9.90. The van der Waals surface area contributed by atoms with E-state index in [2.05, 4.69) is 31.2 Å². The number of benzene rings is 1. The molecule has 0 unspecified atom stereocenters. The van der Waals surface area contributed by atoms with Crippen molar-refractivity contribution in [3.63, 3.8) is 0 Å². The van der Waals surface area contributed by atoms with Gasteiger partial charge in [0.2, 0.25) is 0 Å². The summed E-state index contributed by atoms with van der Waals surface area (Å²) in [5, 5.41) is 0. The largest absolute Gasteiger partial charge is 0.330 e. The zero-order chi connectivity index (χ0) is 21.9. The summed E-state index contributed by atoms with van der Waals surface area (Å²) in [6.45, 7) is 6.78. The number of hydrogen-bond donors (Lipinski definition) is 1. The first kappa shape index (κ1) is 25.6. The molecule has 0 amide bonds. The van der Waals surface area contributed by atoms with Gasteiger partial charge in [0.15, 0.2) is 0 Å². The number of rotatable bonds is 15. The highest BCUT2D eigenvalue weighted by Crippen LogP contribution is 2.51. The molecule has 2 rings (SSSR count). The Labute approximate surface area is 184 Å². The van der Waals surface area contributed by atoms with Crippen molar-refractivity contribution in [2.75, 3.05) is 19.4 Å². The minimum absolute atomic E-state index is 0.272. The van der Waals surface area contributed by atoms with Gasteiger partial charge in [-0.1, -0.05) is 63.3 Å². The lowest BCUT2D eigenvalue weighted by Crippen LogP contribution is -2.37. The van der Waals surface area contributed by atoms with Crippen LogP contribution in [0.4, 0.5) is 0 Å². The predicted molar refractivity (Wildman–Crippen MR) is 127 cm³/mol. The van der Waals surface area contributed by atoms with Crippen LogP contribution in [0.2, 0.25) is 0 Å². The summed E-state index contributed by atoms with van der Waals surface area (Å²) < 4.78 is 23.6. The van der Waals surface area contributed by atoms with Crippen molar-refractivity contribution < 1.29 is 13.6 Å². The molecular weight excluding hydrogens is 393 g/mol. The summed E-state index contributed by atoms with van der Waals surface area (Å²) in [5.74, 6) is 0.497. The first-order chi connectivity index (χ1) is 14.4. The van der Waals surface area contributed by atoms with E-state index in [0.29, 0.717) is 31.7 Å². The molecule has 30 heavy (non-hydrogen) atoms. The third-order valence-corrected chi connectivity index (χ3v) is 8.52. The van der Waals surface area contributed by atoms with Crippen LogP contribution in [-0.4, -0.2) is 24.9 Å². The summed E-state index contributed by atoms with van der Waals surface area (Å²) >= 11 is 0. The van der Waals surface area contributed by atoms with E-state index in [4.69, 9.17) is 14.8 Å². The standard InChI is InChI=1S/C25H44NO3P/c1-4-7-8-9-10-11-12-22-13-15-23(16-14-22)24-17-18-25(26,21-24)19-20-30(27,28-5-2)29-6-3/h13-16,24H,4-12,17-21,26H2,1-3H3/t24-,25+/m0/s1. The smallest absolute Gasteiger partial charge is 0.325 e. The Morgan fingerprint density at radius 1 is 1.00 bits per heavy atom. The van der Waals surface area contributed by atoms with Gasteiger partial charge in [-0.2, -0.15) is 0 Å². The van der Waals surface area contributed by atoms with Gasteiger partial charge < -0.3 is 14.8 Å². The van der Waals surface area contributed by atoms with Gasteiger partial charge in [-0.05, 0) is 69.4 Å². The second-order valence-electron chi connectivity index (χ2n) is 8.98. The average Bonchev–Trinajstić information content (AvgIpc) is 3.13. The lowest BCUT2D eigenvalue weighted by Gasteiger charge is -2.27. The van der Waals surface area contributed by atoms with Crippen LogP contribution in [0.3, 0.4) is 0 Å². The molecule has 0 spiro atoms. The minimum atomic E-state index is -3.01. The Hall–Kier alpha value is -0.670. The van der Waals surface area contributed by atoms with Crippen LogP contribution < -0.4 is 5.73 Å². The molecule has 1 aliphatic rings. The van der Waals surface area contributed by atoms with E-state index in [9.17, 15) is 4.57 Å². The first-order valence-corrected chi connectivity index (χ1v) is 13.9. The highest BCUT2D eigenvalue weighted by atomic mass is 31.2. The van der Waals surface area contributed by atoms with Crippen molar-refractivity contribution in [1.82, 2.24) is 0 Å². The van der Waals surface area contributed by atoms with Crippen molar-refractivity contribution in [3.8, 4) is 0 Å². The molecule has 0 bridgehead atoms. The molecule has 172 valence electrons. The van der Waals surface area contributed by atoms with E-state index in [0.717, 1.165) is 19.3 Å². The number of unbranched alkanes of at least 4 members (excludes halogenated alkanes) is 5. The molecular formula is C25H44NO3P. The molecule has 0 aromatic heterocycles. The van der Waals surface area contributed by atoms with Gasteiger partial charge >= 0.3 is 7.60 Å². The summed E-state index contributed by atoms with van der Waals surface area (Å²) in [7, 11) is -3.01. The molecule has 1 aromatic rings. The molecule has 1 fully saturated rings. The Bertz CT molecular complexity index is 638. The predicted octanol–water partition coefficient (Wildman–Crippen LogP) is 7.21. The normalized spacial score (nSPS) is 21.9. The SMILES string of the molecule is CCCCCCCCc1ccc([C@H]2CC[C@@](N)(CCP(=O)(OCC)OCC)C2)cc1. The van der Waals surface area contributed by atoms with Crippen LogP contribution >= 0.6 is 7.60 Å². The van der Waals surface area contributed by atoms with Gasteiger partial charge in [0.25, 0.3) is 0 Å². The number of nitrogens with two attached hydrogens (primary N) is 1. The Kier molecular flexibility index (Phi) is 11.1. The average molecular weight is 438 g/mol. The van der Waals surface area contributed by atoms with Crippen molar-refractivity contribution in [3.05, 3.63) is 35.4 Å². The van der Waals surface area contributed by atoms with Crippen LogP contribution in [0.25, 0.3) is 0 Å². The zero-order valence-electron chi connectivity index (χ0n) is 19.5. The third kappa shape index (κ3) is 8.46. The maximum absolute atomic E-state index is 12.8. The van der Waals surface area contributed by atoms with Crippen molar-refractivity contribution in [1.29, 1.82) is 0 Å². The maximum atomic E-state index is 12.8. The number of hydrogen-bond acceptors (Lipinski definition) is 4. The Morgan fingerprint density at radius 2 is 1.63 bits per heavy atom. The summed E-state index contributed by atoms with van der Waals surface area (Å²) in [5.41, 5.74) is 9.27. The van der Waals surface area contributed by atoms with E-state index in [-0.39, 0.29) is 5.54 Å². The molecule has 1 aliphatic carbocycles. The topological polar surface area (TPSA) is 61.6 Å². The Balaban J connectivity index is 1.80. The van der Waals surface area contributed by atoms with Crippen LogP contribution in [0.1, 0.15) is 102 Å². The summed E-state index contributed by atoms with van der Waals surface area (Å²) in [6, 6.07) is 9.20. The second-order valence-corrected chi connectivity index (χ2v) is 11.2. The van der Waals surface area contributed by atoms with Crippen molar-refractivity contribution in [2.45, 2.75) is 103 Å². The van der Waals surface area contributed by atoms with Gasteiger partial charge in [-0.15, -0.1) is 0 Å². The van der Waals surface area contributed by atoms with Gasteiger partial charge in [-0.25, -0.2) is 0 Å². The summed E-state index contributed by atoms with van der Waals surface area (Å²) in [6.07, 6.45) is 13.4. The van der Waals surface area contributed by atoms with Crippen LogP contribution in [0.15, 0.2) is 24.3 Å². The van der Waals surface area contributed by atoms with Crippen LogP contribution in [0.5, 0.6) is 0 Å². The molecule has 2 N–H and O–H groups in total. The van der Waals surface area contributed by atoms with Crippen LogP contribution in [0, 0.1) is 0 Å². The minimum Gasteiger partial charge on any atom is -0.325 e. The summed E-state index contributed by atoms with van der Waals surface area (Å²) in [4.78, 5) is 0. The molecule has 0 saturated heterocycles. The lowest BCUT2D eigenvalue weighted by molar-refractivity contribution is 0.217. The van der Waals surface area contributed by atoms with E-state index < -0.39 is 7.60 Å².